The zero-order valence-corrected chi connectivity index (χ0v) is 15.4. The molecule has 1 aliphatic carbocycles. The van der Waals surface area contributed by atoms with E-state index in [1.807, 2.05) is 26.0 Å². The molecule has 0 bridgehead atoms. The molecule has 5 nitrogen and oxygen atoms in total. The summed E-state index contributed by atoms with van der Waals surface area (Å²) in [6, 6.07) is 8.18. The van der Waals surface area contributed by atoms with Gasteiger partial charge in [0.25, 0.3) is 0 Å². The molecule has 1 aromatic heterocycles. The molecule has 0 spiro atoms. The summed E-state index contributed by atoms with van der Waals surface area (Å²) in [7, 11) is 0. The molecule has 2 amide bonds. The molecule has 1 saturated carbocycles. The van der Waals surface area contributed by atoms with E-state index in [4.69, 9.17) is 0 Å². The molecule has 25 heavy (non-hydrogen) atoms. The third-order valence-corrected chi connectivity index (χ3v) is 5.12. The lowest BCUT2D eigenvalue weighted by molar-refractivity contribution is -0.123. The Morgan fingerprint density at radius 2 is 1.80 bits per heavy atom. The van der Waals surface area contributed by atoms with Crippen LogP contribution in [-0.4, -0.2) is 29.9 Å². The predicted octanol–water partition coefficient (Wildman–Crippen LogP) is 2.61. The lowest BCUT2D eigenvalue weighted by Gasteiger charge is -2.07. The molecule has 1 heterocycles. The normalized spacial score (nSPS) is 13.5. The smallest absolute Gasteiger partial charge is 0.225 e. The molecule has 2 aromatic rings. The first-order valence-corrected chi connectivity index (χ1v) is 9.42. The molecular weight excluding hydrogens is 334 g/mol. The van der Waals surface area contributed by atoms with E-state index >= 15 is 0 Å². The zero-order chi connectivity index (χ0) is 17.8. The first-order chi connectivity index (χ1) is 12.0. The van der Waals surface area contributed by atoms with Gasteiger partial charge in [-0.05, 0) is 26.7 Å². The van der Waals surface area contributed by atoms with E-state index in [-0.39, 0.29) is 17.7 Å². The van der Waals surface area contributed by atoms with E-state index in [0.29, 0.717) is 19.5 Å². The monoisotopic (exact) mass is 357 g/mol. The Balaban J connectivity index is 1.54. The van der Waals surface area contributed by atoms with Gasteiger partial charge in [0.05, 0.1) is 17.1 Å². The number of carbonyl (C=O) groups is 2. The molecule has 0 atom stereocenters. The first kappa shape index (κ1) is 17.6. The topological polar surface area (TPSA) is 71.1 Å². The number of aryl methyl sites for hydroxylation is 2. The largest absolute Gasteiger partial charge is 0.354 e. The van der Waals surface area contributed by atoms with Gasteiger partial charge in [-0.3, -0.25) is 9.59 Å². The maximum absolute atomic E-state index is 12.2. The quantitative estimate of drug-likeness (QED) is 0.748. The van der Waals surface area contributed by atoms with Gasteiger partial charge in [0.2, 0.25) is 11.8 Å². The van der Waals surface area contributed by atoms with Crippen LogP contribution in [0.3, 0.4) is 0 Å². The highest BCUT2D eigenvalue weighted by atomic mass is 32.1. The Kier molecular flexibility index (Phi) is 5.48. The van der Waals surface area contributed by atoms with Crippen molar-refractivity contribution in [3.8, 4) is 11.3 Å². The van der Waals surface area contributed by atoms with Crippen molar-refractivity contribution in [2.75, 3.05) is 13.1 Å². The van der Waals surface area contributed by atoms with Gasteiger partial charge in [-0.15, -0.1) is 11.3 Å². The van der Waals surface area contributed by atoms with Crippen LogP contribution in [0.4, 0.5) is 0 Å². The lowest BCUT2D eigenvalue weighted by Crippen LogP contribution is -2.35. The first-order valence-electron chi connectivity index (χ1n) is 8.60. The van der Waals surface area contributed by atoms with Crippen LogP contribution in [0.2, 0.25) is 0 Å². The van der Waals surface area contributed by atoms with Crippen LogP contribution in [-0.2, 0) is 16.0 Å². The van der Waals surface area contributed by atoms with E-state index in [1.54, 1.807) is 11.3 Å². The maximum atomic E-state index is 12.2. The van der Waals surface area contributed by atoms with Gasteiger partial charge in [-0.25, -0.2) is 4.98 Å². The number of nitrogens with zero attached hydrogens (tertiary/aromatic N) is 1. The van der Waals surface area contributed by atoms with E-state index in [9.17, 15) is 9.59 Å². The van der Waals surface area contributed by atoms with E-state index in [0.717, 1.165) is 34.0 Å². The Morgan fingerprint density at radius 3 is 2.48 bits per heavy atom. The molecule has 1 aliphatic rings. The highest BCUT2D eigenvalue weighted by Crippen LogP contribution is 2.29. The van der Waals surface area contributed by atoms with Gasteiger partial charge in [-0.1, -0.05) is 29.8 Å². The number of benzene rings is 1. The summed E-state index contributed by atoms with van der Waals surface area (Å²) < 4.78 is 0. The minimum atomic E-state index is -0.0438. The summed E-state index contributed by atoms with van der Waals surface area (Å²) >= 11 is 1.56. The molecule has 0 radical (unpaired) electrons. The Bertz CT molecular complexity index is 763. The van der Waals surface area contributed by atoms with Crippen molar-refractivity contribution in [1.29, 1.82) is 0 Å². The summed E-state index contributed by atoms with van der Waals surface area (Å²) in [5.74, 6) is 0.264. The number of thiazole rings is 1. The second-order valence-electron chi connectivity index (χ2n) is 6.46. The highest BCUT2D eigenvalue weighted by Gasteiger charge is 2.29. The fourth-order valence-corrected chi connectivity index (χ4v) is 3.57. The van der Waals surface area contributed by atoms with Crippen LogP contribution in [0.15, 0.2) is 24.3 Å². The van der Waals surface area contributed by atoms with Gasteiger partial charge in [0.1, 0.15) is 0 Å². The van der Waals surface area contributed by atoms with E-state index < -0.39 is 0 Å². The van der Waals surface area contributed by atoms with Gasteiger partial charge < -0.3 is 10.6 Å². The van der Waals surface area contributed by atoms with Crippen LogP contribution >= 0.6 is 11.3 Å². The van der Waals surface area contributed by atoms with Crippen molar-refractivity contribution in [2.45, 2.75) is 33.1 Å². The number of amides is 2. The molecular formula is C19H23N3O2S. The molecule has 1 fully saturated rings. The van der Waals surface area contributed by atoms with E-state index in [1.165, 1.54) is 5.56 Å². The van der Waals surface area contributed by atoms with Gasteiger partial charge in [0.15, 0.2) is 0 Å². The fourth-order valence-electron chi connectivity index (χ4n) is 2.61. The standard InChI is InChI=1S/C19H23N3O2S/c1-12-3-5-14(6-4-12)18-16(25-13(2)22-18)11-17(23)20-9-10-21-19(24)15-7-8-15/h3-6,15H,7-11H2,1-2H3,(H,20,23)(H,21,24). The second-order valence-corrected chi connectivity index (χ2v) is 7.75. The van der Waals surface area contributed by atoms with Gasteiger partial charge in [0, 0.05) is 29.4 Å². The highest BCUT2D eigenvalue weighted by molar-refractivity contribution is 7.12. The van der Waals surface area contributed by atoms with E-state index in [2.05, 4.69) is 27.8 Å². The molecule has 1 aromatic carbocycles. The fraction of sp³-hybridized carbons (Fsp3) is 0.421. The number of carbonyl (C=O) groups excluding carboxylic acids is 2. The van der Waals surface area contributed by atoms with Crippen molar-refractivity contribution < 1.29 is 9.59 Å². The van der Waals surface area contributed by atoms with Crippen LogP contribution in [0.1, 0.15) is 28.3 Å². The van der Waals surface area contributed by atoms with Crippen molar-refractivity contribution in [3.63, 3.8) is 0 Å². The lowest BCUT2D eigenvalue weighted by atomic mass is 10.1. The van der Waals surface area contributed by atoms with Crippen LogP contribution in [0.25, 0.3) is 11.3 Å². The van der Waals surface area contributed by atoms with Crippen molar-refractivity contribution in [3.05, 3.63) is 39.7 Å². The number of hydrogen-bond acceptors (Lipinski definition) is 4. The zero-order valence-electron chi connectivity index (χ0n) is 14.6. The summed E-state index contributed by atoms with van der Waals surface area (Å²) in [6.07, 6.45) is 2.29. The van der Waals surface area contributed by atoms with Gasteiger partial charge in [-0.2, -0.15) is 0 Å². The Morgan fingerprint density at radius 1 is 1.12 bits per heavy atom. The molecule has 3 rings (SSSR count). The number of rotatable bonds is 7. The third kappa shape index (κ3) is 4.89. The molecule has 0 saturated heterocycles. The van der Waals surface area contributed by atoms with Crippen LogP contribution < -0.4 is 10.6 Å². The Labute approximate surface area is 151 Å². The van der Waals surface area contributed by atoms with Crippen LogP contribution in [0.5, 0.6) is 0 Å². The summed E-state index contributed by atoms with van der Waals surface area (Å²) in [6.45, 7) is 4.94. The second kappa shape index (κ2) is 7.78. The number of nitrogens with one attached hydrogen (secondary N) is 2. The van der Waals surface area contributed by atoms with Crippen molar-refractivity contribution in [1.82, 2.24) is 15.6 Å². The Hall–Kier alpha value is -2.21. The average Bonchev–Trinajstić information content (AvgIpc) is 3.36. The van der Waals surface area contributed by atoms with Crippen molar-refractivity contribution in [2.24, 2.45) is 5.92 Å². The minimum absolute atomic E-state index is 0.0438. The average molecular weight is 357 g/mol. The molecule has 0 aliphatic heterocycles. The predicted molar refractivity (Wildman–Crippen MR) is 99.5 cm³/mol. The molecule has 6 heteroatoms. The number of hydrogen-bond donors (Lipinski definition) is 2. The molecule has 2 N–H and O–H groups in total. The molecule has 132 valence electrons. The number of aromatic nitrogens is 1. The third-order valence-electron chi connectivity index (χ3n) is 4.14. The summed E-state index contributed by atoms with van der Waals surface area (Å²) in [5.41, 5.74) is 3.12. The van der Waals surface area contributed by atoms with Gasteiger partial charge >= 0.3 is 0 Å². The maximum Gasteiger partial charge on any atom is 0.225 e. The molecule has 0 unspecified atom stereocenters. The summed E-state index contributed by atoms with van der Waals surface area (Å²) in [4.78, 5) is 29.3. The minimum Gasteiger partial charge on any atom is -0.354 e. The summed E-state index contributed by atoms with van der Waals surface area (Å²) in [5, 5.41) is 6.67. The SMILES string of the molecule is Cc1ccc(-c2nc(C)sc2CC(=O)NCCNC(=O)C2CC2)cc1. The van der Waals surface area contributed by atoms with Crippen LogP contribution in [0, 0.1) is 19.8 Å². The van der Waals surface area contributed by atoms with Crippen molar-refractivity contribution >= 4 is 23.2 Å².